The van der Waals surface area contributed by atoms with Crippen LogP contribution < -0.4 is 5.73 Å². The molecule has 15 heavy (non-hydrogen) atoms. The molecule has 0 amide bonds. The third-order valence-corrected chi connectivity index (χ3v) is 2.79. The lowest BCUT2D eigenvalue weighted by molar-refractivity contribution is 0.284. The SMILES string of the molecule is C=CCN(Cc1ccc(N)cc1)C1CC1. The molecule has 0 unspecified atom stereocenters. The molecule has 1 aliphatic rings. The lowest BCUT2D eigenvalue weighted by atomic mass is 10.2. The fraction of sp³-hybridized carbons (Fsp3) is 0.385. The topological polar surface area (TPSA) is 29.3 Å². The Morgan fingerprint density at radius 2 is 2.00 bits per heavy atom. The highest BCUT2D eigenvalue weighted by molar-refractivity contribution is 5.39. The van der Waals surface area contributed by atoms with Gasteiger partial charge in [0.05, 0.1) is 0 Å². The molecule has 0 heterocycles. The first-order valence-corrected chi connectivity index (χ1v) is 5.49. The minimum Gasteiger partial charge on any atom is -0.399 e. The number of benzene rings is 1. The van der Waals surface area contributed by atoms with Crippen LogP contribution in [0.5, 0.6) is 0 Å². The summed E-state index contributed by atoms with van der Waals surface area (Å²) in [5.41, 5.74) is 7.82. The summed E-state index contributed by atoms with van der Waals surface area (Å²) in [7, 11) is 0. The van der Waals surface area contributed by atoms with Crippen LogP contribution in [0.15, 0.2) is 36.9 Å². The molecule has 0 aromatic heterocycles. The van der Waals surface area contributed by atoms with Crippen molar-refractivity contribution in [3.63, 3.8) is 0 Å². The van der Waals surface area contributed by atoms with Crippen LogP contribution in [0.4, 0.5) is 5.69 Å². The smallest absolute Gasteiger partial charge is 0.0314 e. The maximum atomic E-state index is 5.66. The molecule has 1 aromatic rings. The summed E-state index contributed by atoms with van der Waals surface area (Å²) in [5.74, 6) is 0. The van der Waals surface area contributed by atoms with Crippen LogP contribution >= 0.6 is 0 Å². The van der Waals surface area contributed by atoms with Crippen molar-refractivity contribution < 1.29 is 0 Å². The van der Waals surface area contributed by atoms with Gasteiger partial charge < -0.3 is 5.73 Å². The van der Waals surface area contributed by atoms with Gasteiger partial charge in [-0.05, 0) is 30.5 Å². The Balaban J connectivity index is 1.98. The van der Waals surface area contributed by atoms with E-state index >= 15 is 0 Å². The molecule has 1 saturated carbocycles. The van der Waals surface area contributed by atoms with Gasteiger partial charge in [-0.1, -0.05) is 18.2 Å². The molecule has 1 fully saturated rings. The van der Waals surface area contributed by atoms with Crippen LogP contribution in [0.1, 0.15) is 18.4 Å². The van der Waals surface area contributed by atoms with Gasteiger partial charge in [0.15, 0.2) is 0 Å². The molecule has 0 saturated heterocycles. The van der Waals surface area contributed by atoms with Crippen LogP contribution in [0.2, 0.25) is 0 Å². The Morgan fingerprint density at radius 3 is 2.53 bits per heavy atom. The van der Waals surface area contributed by atoms with Crippen LogP contribution in [-0.2, 0) is 6.54 Å². The Bertz CT molecular complexity index is 325. The van der Waals surface area contributed by atoms with E-state index < -0.39 is 0 Å². The summed E-state index contributed by atoms with van der Waals surface area (Å²) in [6.45, 7) is 5.80. The largest absolute Gasteiger partial charge is 0.399 e. The second kappa shape index (κ2) is 4.49. The first-order valence-electron chi connectivity index (χ1n) is 5.49. The molecular formula is C13H18N2. The molecule has 1 aliphatic carbocycles. The van der Waals surface area contributed by atoms with E-state index in [0.717, 1.165) is 24.8 Å². The minimum absolute atomic E-state index is 0.778. The molecule has 0 aliphatic heterocycles. The highest BCUT2D eigenvalue weighted by atomic mass is 15.2. The van der Waals surface area contributed by atoms with Gasteiger partial charge in [-0.15, -0.1) is 6.58 Å². The molecule has 0 radical (unpaired) electrons. The van der Waals surface area contributed by atoms with E-state index in [2.05, 4.69) is 23.6 Å². The first kappa shape index (κ1) is 10.2. The molecule has 0 spiro atoms. The fourth-order valence-corrected chi connectivity index (χ4v) is 1.81. The average molecular weight is 202 g/mol. The first-order chi connectivity index (χ1) is 7.29. The van der Waals surface area contributed by atoms with Crippen molar-refractivity contribution in [2.24, 2.45) is 0 Å². The summed E-state index contributed by atoms with van der Waals surface area (Å²) in [6.07, 6.45) is 4.65. The highest BCUT2D eigenvalue weighted by Crippen LogP contribution is 2.28. The number of hydrogen-bond acceptors (Lipinski definition) is 2. The summed E-state index contributed by atoms with van der Waals surface area (Å²) >= 11 is 0. The van der Waals surface area contributed by atoms with Crippen LogP contribution in [0, 0.1) is 0 Å². The van der Waals surface area contributed by atoms with Gasteiger partial charge in [-0.25, -0.2) is 0 Å². The van der Waals surface area contributed by atoms with Gasteiger partial charge in [0, 0.05) is 24.8 Å². The van der Waals surface area contributed by atoms with Crippen LogP contribution in [-0.4, -0.2) is 17.5 Å². The number of nitrogens with two attached hydrogens (primary N) is 1. The number of nitrogen functional groups attached to an aromatic ring is 1. The lowest BCUT2D eigenvalue weighted by Crippen LogP contribution is -2.25. The number of rotatable bonds is 5. The van der Waals surface area contributed by atoms with E-state index in [-0.39, 0.29) is 0 Å². The number of anilines is 1. The van der Waals surface area contributed by atoms with Crippen molar-refractivity contribution in [1.82, 2.24) is 4.90 Å². The van der Waals surface area contributed by atoms with E-state index in [4.69, 9.17) is 5.73 Å². The van der Waals surface area contributed by atoms with Gasteiger partial charge in [0.25, 0.3) is 0 Å². The third kappa shape index (κ3) is 2.83. The van der Waals surface area contributed by atoms with Crippen molar-refractivity contribution in [3.05, 3.63) is 42.5 Å². The zero-order chi connectivity index (χ0) is 10.7. The van der Waals surface area contributed by atoms with Crippen molar-refractivity contribution in [2.45, 2.75) is 25.4 Å². The van der Waals surface area contributed by atoms with Crippen LogP contribution in [0.3, 0.4) is 0 Å². The lowest BCUT2D eigenvalue weighted by Gasteiger charge is -2.20. The van der Waals surface area contributed by atoms with E-state index in [1.54, 1.807) is 0 Å². The predicted octanol–water partition coefficient (Wildman–Crippen LogP) is 2.42. The monoisotopic (exact) mass is 202 g/mol. The summed E-state index contributed by atoms with van der Waals surface area (Å²) < 4.78 is 0. The minimum atomic E-state index is 0.778. The molecule has 0 atom stereocenters. The molecule has 2 heteroatoms. The second-order valence-electron chi connectivity index (χ2n) is 4.19. The summed E-state index contributed by atoms with van der Waals surface area (Å²) in [6, 6.07) is 8.92. The molecule has 2 N–H and O–H groups in total. The quantitative estimate of drug-likeness (QED) is 0.587. The molecule has 2 nitrogen and oxygen atoms in total. The van der Waals surface area contributed by atoms with Gasteiger partial charge in [0.1, 0.15) is 0 Å². The normalized spacial score (nSPS) is 15.5. The summed E-state index contributed by atoms with van der Waals surface area (Å²) in [4.78, 5) is 2.47. The average Bonchev–Trinajstić information content (AvgIpc) is 3.04. The van der Waals surface area contributed by atoms with Crippen molar-refractivity contribution in [2.75, 3.05) is 12.3 Å². The number of hydrogen-bond donors (Lipinski definition) is 1. The summed E-state index contributed by atoms with van der Waals surface area (Å²) in [5, 5.41) is 0. The third-order valence-electron chi connectivity index (χ3n) is 2.79. The highest BCUT2D eigenvalue weighted by Gasteiger charge is 2.27. The van der Waals surface area contributed by atoms with Crippen molar-refractivity contribution >= 4 is 5.69 Å². The Labute approximate surface area is 91.4 Å². The molecule has 80 valence electrons. The van der Waals surface area contributed by atoms with Crippen molar-refractivity contribution in [3.8, 4) is 0 Å². The standard InChI is InChI=1S/C13H18N2/c1-2-9-15(13-7-8-13)10-11-3-5-12(14)6-4-11/h2-6,13H,1,7-10,14H2. The van der Waals surface area contributed by atoms with Gasteiger partial charge >= 0.3 is 0 Å². The van der Waals surface area contributed by atoms with Crippen LogP contribution in [0.25, 0.3) is 0 Å². The second-order valence-corrected chi connectivity index (χ2v) is 4.19. The maximum absolute atomic E-state index is 5.66. The molecular weight excluding hydrogens is 184 g/mol. The zero-order valence-electron chi connectivity index (χ0n) is 9.02. The van der Waals surface area contributed by atoms with Gasteiger partial charge in [0.2, 0.25) is 0 Å². The predicted molar refractivity (Wildman–Crippen MR) is 64.5 cm³/mol. The Hall–Kier alpha value is -1.28. The van der Waals surface area contributed by atoms with Gasteiger partial charge in [-0.2, -0.15) is 0 Å². The van der Waals surface area contributed by atoms with E-state index in [0.29, 0.717) is 0 Å². The van der Waals surface area contributed by atoms with Crippen molar-refractivity contribution in [1.29, 1.82) is 0 Å². The van der Waals surface area contributed by atoms with E-state index in [9.17, 15) is 0 Å². The molecule has 1 aromatic carbocycles. The fourth-order valence-electron chi connectivity index (χ4n) is 1.81. The zero-order valence-corrected chi connectivity index (χ0v) is 9.02. The Morgan fingerprint density at radius 1 is 1.33 bits per heavy atom. The van der Waals surface area contributed by atoms with Gasteiger partial charge in [-0.3, -0.25) is 4.90 Å². The van der Waals surface area contributed by atoms with E-state index in [1.807, 2.05) is 18.2 Å². The van der Waals surface area contributed by atoms with E-state index in [1.165, 1.54) is 18.4 Å². The molecule has 2 rings (SSSR count). The number of nitrogens with zero attached hydrogens (tertiary/aromatic N) is 1. The Kier molecular flexibility index (Phi) is 3.07. The maximum Gasteiger partial charge on any atom is 0.0314 e. The molecule has 0 bridgehead atoms.